The van der Waals surface area contributed by atoms with Crippen LogP contribution in [-0.2, 0) is 0 Å². The summed E-state index contributed by atoms with van der Waals surface area (Å²) in [6.45, 7) is 0.463. The summed E-state index contributed by atoms with van der Waals surface area (Å²) in [5.41, 5.74) is 6.18. The Labute approximate surface area is 126 Å². The van der Waals surface area contributed by atoms with Crippen LogP contribution in [0.5, 0.6) is 5.75 Å². The minimum atomic E-state index is -0.659. The topological polar surface area (TPSA) is 64.3 Å². The van der Waals surface area contributed by atoms with Crippen molar-refractivity contribution in [1.29, 1.82) is 0 Å². The Morgan fingerprint density at radius 1 is 1.29 bits per heavy atom. The molecular formula is C15H14ClFN2O2. The van der Waals surface area contributed by atoms with E-state index in [1.54, 1.807) is 24.3 Å². The molecule has 21 heavy (non-hydrogen) atoms. The second-order valence-corrected chi connectivity index (χ2v) is 4.70. The molecule has 110 valence electrons. The number of nitrogens with two attached hydrogens (primary N) is 1. The van der Waals surface area contributed by atoms with Crippen molar-refractivity contribution in [1.82, 2.24) is 5.32 Å². The molecule has 0 fully saturated rings. The largest absolute Gasteiger partial charge is 0.490 e. The molecular weight excluding hydrogens is 295 g/mol. The number of benzene rings is 2. The van der Waals surface area contributed by atoms with Gasteiger partial charge in [-0.25, -0.2) is 4.39 Å². The molecule has 0 unspecified atom stereocenters. The molecule has 0 aliphatic rings. The Morgan fingerprint density at radius 3 is 2.76 bits per heavy atom. The van der Waals surface area contributed by atoms with Crippen molar-refractivity contribution in [2.75, 3.05) is 18.9 Å². The number of halogens is 2. The minimum Gasteiger partial charge on any atom is -0.490 e. The van der Waals surface area contributed by atoms with Crippen molar-refractivity contribution in [3.05, 3.63) is 58.9 Å². The van der Waals surface area contributed by atoms with E-state index in [-0.39, 0.29) is 23.7 Å². The number of hydrogen-bond donors (Lipinski definition) is 2. The average molecular weight is 309 g/mol. The van der Waals surface area contributed by atoms with E-state index in [0.717, 1.165) is 6.07 Å². The van der Waals surface area contributed by atoms with Gasteiger partial charge in [-0.05, 0) is 30.3 Å². The molecule has 3 N–H and O–H groups in total. The van der Waals surface area contributed by atoms with Crippen molar-refractivity contribution in [2.24, 2.45) is 0 Å². The van der Waals surface area contributed by atoms with Crippen LogP contribution in [0.1, 0.15) is 10.4 Å². The predicted octanol–water partition coefficient (Wildman–Crippen LogP) is 2.87. The molecule has 0 bridgehead atoms. The molecule has 2 rings (SSSR count). The third-order valence-corrected chi connectivity index (χ3v) is 2.98. The highest BCUT2D eigenvalue weighted by Crippen LogP contribution is 2.19. The molecule has 0 saturated carbocycles. The van der Waals surface area contributed by atoms with Crippen molar-refractivity contribution >= 4 is 23.2 Å². The smallest absolute Gasteiger partial charge is 0.254 e. The number of amides is 1. The third-order valence-electron chi connectivity index (χ3n) is 2.74. The first-order valence-corrected chi connectivity index (χ1v) is 6.66. The van der Waals surface area contributed by atoms with E-state index >= 15 is 0 Å². The molecule has 0 radical (unpaired) electrons. The Kier molecular flexibility index (Phi) is 5.00. The molecule has 2 aromatic rings. The van der Waals surface area contributed by atoms with E-state index < -0.39 is 11.7 Å². The van der Waals surface area contributed by atoms with Gasteiger partial charge in [0.15, 0.2) is 0 Å². The van der Waals surface area contributed by atoms with E-state index in [1.807, 2.05) is 0 Å². The lowest BCUT2D eigenvalue weighted by Gasteiger charge is -2.10. The van der Waals surface area contributed by atoms with Gasteiger partial charge in [-0.2, -0.15) is 0 Å². The first-order chi connectivity index (χ1) is 10.1. The van der Waals surface area contributed by atoms with E-state index in [4.69, 9.17) is 22.1 Å². The van der Waals surface area contributed by atoms with Gasteiger partial charge < -0.3 is 15.8 Å². The number of nitrogen functional groups attached to an aromatic ring is 1. The first kappa shape index (κ1) is 15.1. The zero-order valence-electron chi connectivity index (χ0n) is 11.1. The maximum absolute atomic E-state index is 13.5. The first-order valence-electron chi connectivity index (χ1n) is 6.28. The summed E-state index contributed by atoms with van der Waals surface area (Å²) < 4.78 is 19.0. The lowest BCUT2D eigenvalue weighted by Crippen LogP contribution is -2.28. The number of carbonyl (C=O) groups is 1. The normalized spacial score (nSPS) is 10.2. The highest BCUT2D eigenvalue weighted by Gasteiger charge is 2.11. The number of nitrogens with one attached hydrogen (secondary N) is 1. The van der Waals surface area contributed by atoms with Gasteiger partial charge in [0.05, 0.1) is 17.8 Å². The molecule has 0 atom stereocenters. The SMILES string of the molecule is Nc1ccccc1OCCNC(=O)c1ccc(Cl)cc1F. The maximum Gasteiger partial charge on any atom is 0.254 e. The second kappa shape index (κ2) is 6.95. The maximum atomic E-state index is 13.5. The lowest BCUT2D eigenvalue weighted by atomic mass is 10.2. The Hall–Kier alpha value is -2.27. The molecule has 0 heterocycles. The van der Waals surface area contributed by atoms with Gasteiger partial charge >= 0.3 is 0 Å². The standard InChI is InChI=1S/C15H14ClFN2O2/c16-10-5-6-11(12(17)9-10)15(20)19-7-8-21-14-4-2-1-3-13(14)18/h1-6,9H,7-8,18H2,(H,19,20). The summed E-state index contributed by atoms with van der Waals surface area (Å²) in [6, 6.07) is 10.9. The number of para-hydroxylation sites is 2. The monoisotopic (exact) mass is 308 g/mol. The van der Waals surface area contributed by atoms with E-state index in [9.17, 15) is 9.18 Å². The number of ether oxygens (including phenoxy) is 1. The summed E-state index contributed by atoms with van der Waals surface area (Å²) in [4.78, 5) is 11.8. The summed E-state index contributed by atoms with van der Waals surface area (Å²) in [5, 5.41) is 2.80. The van der Waals surface area contributed by atoms with Gasteiger partial charge in [-0.3, -0.25) is 4.79 Å². The van der Waals surface area contributed by atoms with Gasteiger partial charge in [0.25, 0.3) is 5.91 Å². The fraction of sp³-hybridized carbons (Fsp3) is 0.133. The van der Waals surface area contributed by atoms with Crippen LogP contribution >= 0.6 is 11.6 Å². The highest BCUT2D eigenvalue weighted by atomic mass is 35.5. The van der Waals surface area contributed by atoms with Crippen LogP contribution in [0.15, 0.2) is 42.5 Å². The number of hydrogen-bond acceptors (Lipinski definition) is 3. The third kappa shape index (κ3) is 4.10. The van der Waals surface area contributed by atoms with Gasteiger partial charge in [0.1, 0.15) is 18.2 Å². The Bertz CT molecular complexity index is 649. The molecule has 0 saturated heterocycles. The molecule has 0 spiro atoms. The van der Waals surface area contributed by atoms with E-state index in [1.165, 1.54) is 12.1 Å². The molecule has 6 heteroatoms. The van der Waals surface area contributed by atoms with Crippen LogP contribution in [0.4, 0.5) is 10.1 Å². The predicted molar refractivity (Wildman–Crippen MR) is 80.1 cm³/mol. The van der Waals surface area contributed by atoms with Crippen LogP contribution < -0.4 is 15.8 Å². The summed E-state index contributed by atoms with van der Waals surface area (Å²) in [5.74, 6) is -0.633. The zero-order valence-corrected chi connectivity index (χ0v) is 11.9. The van der Waals surface area contributed by atoms with E-state index in [2.05, 4.69) is 5.32 Å². The lowest BCUT2D eigenvalue weighted by molar-refractivity contribution is 0.0943. The molecule has 1 amide bonds. The summed E-state index contributed by atoms with van der Waals surface area (Å²) >= 11 is 5.63. The van der Waals surface area contributed by atoms with Crippen molar-refractivity contribution in [3.63, 3.8) is 0 Å². The van der Waals surface area contributed by atoms with E-state index in [0.29, 0.717) is 11.4 Å². The van der Waals surface area contributed by atoms with Crippen LogP contribution in [0.3, 0.4) is 0 Å². The van der Waals surface area contributed by atoms with Gasteiger partial charge in [0, 0.05) is 5.02 Å². The van der Waals surface area contributed by atoms with Crippen LogP contribution in [0, 0.1) is 5.82 Å². The Morgan fingerprint density at radius 2 is 2.05 bits per heavy atom. The van der Waals surface area contributed by atoms with Crippen molar-refractivity contribution in [3.8, 4) is 5.75 Å². The average Bonchev–Trinajstić information content (AvgIpc) is 2.45. The minimum absolute atomic E-state index is 0.0568. The fourth-order valence-electron chi connectivity index (χ4n) is 1.71. The van der Waals surface area contributed by atoms with Gasteiger partial charge in [-0.1, -0.05) is 23.7 Å². The molecule has 0 aliphatic heterocycles. The second-order valence-electron chi connectivity index (χ2n) is 4.27. The zero-order chi connectivity index (χ0) is 15.2. The summed E-state index contributed by atoms with van der Waals surface area (Å²) in [6.07, 6.45) is 0. The van der Waals surface area contributed by atoms with Gasteiger partial charge in [0.2, 0.25) is 0 Å². The van der Waals surface area contributed by atoms with Crippen molar-refractivity contribution < 1.29 is 13.9 Å². The van der Waals surface area contributed by atoms with Crippen LogP contribution in [0.2, 0.25) is 5.02 Å². The molecule has 0 aromatic heterocycles. The molecule has 4 nitrogen and oxygen atoms in total. The number of anilines is 1. The number of carbonyl (C=O) groups excluding carboxylic acids is 1. The van der Waals surface area contributed by atoms with Crippen LogP contribution in [-0.4, -0.2) is 19.1 Å². The van der Waals surface area contributed by atoms with Crippen molar-refractivity contribution in [2.45, 2.75) is 0 Å². The molecule has 0 aliphatic carbocycles. The van der Waals surface area contributed by atoms with Crippen LogP contribution in [0.25, 0.3) is 0 Å². The highest BCUT2D eigenvalue weighted by molar-refractivity contribution is 6.30. The number of rotatable bonds is 5. The Balaban J connectivity index is 1.83. The van der Waals surface area contributed by atoms with Gasteiger partial charge in [-0.15, -0.1) is 0 Å². The molecule has 2 aromatic carbocycles. The summed E-state index contributed by atoms with van der Waals surface area (Å²) in [7, 11) is 0. The quantitative estimate of drug-likeness (QED) is 0.659. The fourth-order valence-corrected chi connectivity index (χ4v) is 1.87.